The van der Waals surface area contributed by atoms with Gasteiger partial charge in [0.2, 0.25) is 0 Å². The standard InChI is InChI=1S/C15H22O/c1-3-12-5-8-13(9-6-12)15(16)14-7-4-11(2)10-14/h5-6,8-9,11,14-16H,3-4,7,10H2,1-2H3. The number of aryl methyl sites for hydroxylation is 1. The quantitative estimate of drug-likeness (QED) is 0.819. The summed E-state index contributed by atoms with van der Waals surface area (Å²) < 4.78 is 0. The van der Waals surface area contributed by atoms with Crippen LogP contribution in [0.3, 0.4) is 0 Å². The summed E-state index contributed by atoms with van der Waals surface area (Å²) in [6, 6.07) is 8.45. The molecule has 1 aromatic carbocycles. The Bertz CT molecular complexity index is 328. The molecule has 1 aliphatic carbocycles. The third-order valence-electron chi connectivity index (χ3n) is 3.91. The van der Waals surface area contributed by atoms with Crippen molar-refractivity contribution in [3.8, 4) is 0 Å². The second kappa shape index (κ2) is 5.01. The van der Waals surface area contributed by atoms with Crippen LogP contribution in [0.5, 0.6) is 0 Å². The lowest BCUT2D eigenvalue weighted by molar-refractivity contribution is 0.109. The van der Waals surface area contributed by atoms with Crippen LogP contribution in [0.25, 0.3) is 0 Å². The summed E-state index contributed by atoms with van der Waals surface area (Å²) in [6.07, 6.45) is 4.44. The lowest BCUT2D eigenvalue weighted by Crippen LogP contribution is -2.09. The van der Waals surface area contributed by atoms with E-state index in [4.69, 9.17) is 0 Å². The van der Waals surface area contributed by atoms with Crippen molar-refractivity contribution < 1.29 is 5.11 Å². The van der Waals surface area contributed by atoms with E-state index >= 15 is 0 Å². The maximum absolute atomic E-state index is 10.3. The summed E-state index contributed by atoms with van der Waals surface area (Å²) in [5.41, 5.74) is 2.44. The molecule has 3 unspecified atom stereocenters. The molecule has 1 fully saturated rings. The fourth-order valence-electron chi connectivity index (χ4n) is 2.76. The maximum Gasteiger partial charge on any atom is 0.0818 e. The highest BCUT2D eigenvalue weighted by Crippen LogP contribution is 2.38. The minimum Gasteiger partial charge on any atom is -0.388 e. The molecule has 1 nitrogen and oxygen atoms in total. The molecule has 1 N–H and O–H groups in total. The first-order valence-corrected chi connectivity index (χ1v) is 6.47. The van der Waals surface area contributed by atoms with Crippen molar-refractivity contribution in [3.63, 3.8) is 0 Å². The van der Waals surface area contributed by atoms with E-state index in [2.05, 4.69) is 38.1 Å². The molecule has 1 saturated carbocycles. The first kappa shape index (κ1) is 11.7. The first-order valence-electron chi connectivity index (χ1n) is 6.47. The Morgan fingerprint density at radius 3 is 2.44 bits per heavy atom. The van der Waals surface area contributed by atoms with Crippen molar-refractivity contribution in [2.75, 3.05) is 0 Å². The van der Waals surface area contributed by atoms with Gasteiger partial charge in [-0.3, -0.25) is 0 Å². The Labute approximate surface area is 98.5 Å². The van der Waals surface area contributed by atoms with Gasteiger partial charge in [-0.15, -0.1) is 0 Å². The second-order valence-electron chi connectivity index (χ2n) is 5.22. The van der Waals surface area contributed by atoms with Crippen molar-refractivity contribution in [1.29, 1.82) is 0 Å². The molecular weight excluding hydrogens is 196 g/mol. The normalized spacial score (nSPS) is 26.9. The summed E-state index contributed by atoms with van der Waals surface area (Å²) in [6.45, 7) is 4.44. The molecule has 0 bridgehead atoms. The van der Waals surface area contributed by atoms with Gasteiger partial charge in [0, 0.05) is 0 Å². The van der Waals surface area contributed by atoms with Gasteiger partial charge in [-0.1, -0.05) is 44.5 Å². The van der Waals surface area contributed by atoms with Crippen LogP contribution in [0.2, 0.25) is 0 Å². The van der Waals surface area contributed by atoms with E-state index in [1.165, 1.54) is 24.8 Å². The molecule has 0 aliphatic heterocycles. The van der Waals surface area contributed by atoms with Crippen LogP contribution in [-0.2, 0) is 6.42 Å². The third-order valence-corrected chi connectivity index (χ3v) is 3.91. The molecule has 0 aromatic heterocycles. The van der Waals surface area contributed by atoms with Crippen molar-refractivity contribution in [2.24, 2.45) is 11.8 Å². The van der Waals surface area contributed by atoms with E-state index in [0.29, 0.717) is 5.92 Å². The molecule has 16 heavy (non-hydrogen) atoms. The molecule has 0 heterocycles. The Balaban J connectivity index is 2.05. The number of benzene rings is 1. The smallest absolute Gasteiger partial charge is 0.0818 e. The van der Waals surface area contributed by atoms with Gasteiger partial charge in [-0.25, -0.2) is 0 Å². The van der Waals surface area contributed by atoms with E-state index in [1.54, 1.807) is 0 Å². The van der Waals surface area contributed by atoms with Crippen LogP contribution in [0.15, 0.2) is 24.3 Å². The molecule has 1 aromatic rings. The average molecular weight is 218 g/mol. The molecule has 2 rings (SSSR count). The molecular formula is C15H22O. The van der Waals surface area contributed by atoms with Crippen LogP contribution in [0, 0.1) is 11.8 Å². The highest BCUT2D eigenvalue weighted by molar-refractivity contribution is 5.24. The summed E-state index contributed by atoms with van der Waals surface area (Å²) in [5, 5.41) is 10.3. The van der Waals surface area contributed by atoms with Crippen LogP contribution in [0.1, 0.15) is 50.3 Å². The molecule has 88 valence electrons. The van der Waals surface area contributed by atoms with Gasteiger partial charge in [-0.2, -0.15) is 0 Å². The van der Waals surface area contributed by atoms with Gasteiger partial charge in [0.25, 0.3) is 0 Å². The van der Waals surface area contributed by atoms with E-state index in [9.17, 15) is 5.11 Å². The fourth-order valence-corrected chi connectivity index (χ4v) is 2.76. The van der Waals surface area contributed by atoms with Gasteiger partial charge in [0.15, 0.2) is 0 Å². The van der Waals surface area contributed by atoms with Gasteiger partial charge in [-0.05, 0) is 42.2 Å². The molecule has 0 amide bonds. The van der Waals surface area contributed by atoms with Gasteiger partial charge < -0.3 is 5.11 Å². The lowest BCUT2D eigenvalue weighted by atomic mass is 9.93. The Morgan fingerprint density at radius 2 is 1.94 bits per heavy atom. The van der Waals surface area contributed by atoms with E-state index in [0.717, 1.165) is 17.9 Å². The maximum atomic E-state index is 10.3. The zero-order valence-electron chi connectivity index (χ0n) is 10.3. The summed E-state index contributed by atoms with van der Waals surface area (Å²) in [7, 11) is 0. The Morgan fingerprint density at radius 1 is 1.25 bits per heavy atom. The topological polar surface area (TPSA) is 20.2 Å². The van der Waals surface area contributed by atoms with Crippen LogP contribution in [-0.4, -0.2) is 5.11 Å². The predicted octanol–water partition coefficient (Wildman–Crippen LogP) is 3.72. The first-order chi connectivity index (χ1) is 7.70. The summed E-state index contributed by atoms with van der Waals surface area (Å²) in [4.78, 5) is 0. The number of hydrogen-bond donors (Lipinski definition) is 1. The van der Waals surface area contributed by atoms with E-state index in [-0.39, 0.29) is 6.10 Å². The van der Waals surface area contributed by atoms with Gasteiger partial charge in [0.05, 0.1) is 6.10 Å². The number of aliphatic hydroxyl groups excluding tert-OH is 1. The van der Waals surface area contributed by atoms with Crippen molar-refractivity contribution in [1.82, 2.24) is 0 Å². The van der Waals surface area contributed by atoms with Gasteiger partial charge in [0.1, 0.15) is 0 Å². The Hall–Kier alpha value is -0.820. The SMILES string of the molecule is CCc1ccc(C(O)C2CCC(C)C2)cc1. The molecule has 0 radical (unpaired) electrons. The fraction of sp³-hybridized carbons (Fsp3) is 0.600. The van der Waals surface area contributed by atoms with Crippen LogP contribution in [0.4, 0.5) is 0 Å². The second-order valence-corrected chi connectivity index (χ2v) is 5.22. The zero-order chi connectivity index (χ0) is 11.5. The van der Waals surface area contributed by atoms with Crippen molar-refractivity contribution in [2.45, 2.75) is 45.6 Å². The lowest BCUT2D eigenvalue weighted by Gasteiger charge is -2.18. The largest absolute Gasteiger partial charge is 0.388 e. The third kappa shape index (κ3) is 2.46. The van der Waals surface area contributed by atoms with Gasteiger partial charge >= 0.3 is 0 Å². The zero-order valence-corrected chi connectivity index (χ0v) is 10.3. The number of aliphatic hydroxyl groups is 1. The molecule has 1 heteroatoms. The molecule has 1 aliphatic rings. The monoisotopic (exact) mass is 218 g/mol. The number of hydrogen-bond acceptors (Lipinski definition) is 1. The average Bonchev–Trinajstić information content (AvgIpc) is 2.75. The molecule has 0 saturated heterocycles. The van der Waals surface area contributed by atoms with Crippen LogP contribution >= 0.6 is 0 Å². The van der Waals surface area contributed by atoms with Crippen molar-refractivity contribution in [3.05, 3.63) is 35.4 Å². The van der Waals surface area contributed by atoms with E-state index in [1.807, 2.05) is 0 Å². The minimum atomic E-state index is -0.254. The molecule has 0 spiro atoms. The predicted molar refractivity (Wildman–Crippen MR) is 67.3 cm³/mol. The van der Waals surface area contributed by atoms with E-state index < -0.39 is 0 Å². The minimum absolute atomic E-state index is 0.254. The summed E-state index contributed by atoms with van der Waals surface area (Å²) in [5.74, 6) is 1.26. The highest BCUT2D eigenvalue weighted by atomic mass is 16.3. The molecule has 3 atom stereocenters. The summed E-state index contributed by atoms with van der Waals surface area (Å²) >= 11 is 0. The number of rotatable bonds is 3. The highest BCUT2D eigenvalue weighted by Gasteiger charge is 2.28. The van der Waals surface area contributed by atoms with Crippen molar-refractivity contribution >= 4 is 0 Å². The Kier molecular flexibility index (Phi) is 3.65. The van der Waals surface area contributed by atoms with Crippen LogP contribution < -0.4 is 0 Å².